The quantitative estimate of drug-likeness (QED) is 0.500. The van der Waals surface area contributed by atoms with Crippen LogP contribution in [-0.4, -0.2) is 60.2 Å². The standard InChI is InChI=1S/C21H23Cl3N6O/c1-3-29(19(31)11-25)18-12-30(28-20(18)13-4-6-14(22)7-5-13)21(26-2)27-15-8-9-16(23)17(24)10-15/h4-10,18H,3,11-12,25H2,1-2H3,(H,26,27). The molecule has 164 valence electrons. The summed E-state index contributed by atoms with van der Waals surface area (Å²) >= 11 is 18.2. The Labute approximate surface area is 196 Å². The van der Waals surface area contributed by atoms with Crippen molar-refractivity contribution in [2.45, 2.75) is 13.0 Å². The molecule has 2 aromatic rings. The maximum absolute atomic E-state index is 12.5. The molecule has 0 aromatic heterocycles. The van der Waals surface area contributed by atoms with Crippen molar-refractivity contribution in [3.8, 4) is 0 Å². The Morgan fingerprint density at radius 3 is 2.52 bits per heavy atom. The molecular formula is C21H23Cl3N6O. The number of nitrogens with two attached hydrogens (primary N) is 1. The number of benzene rings is 2. The highest BCUT2D eigenvalue weighted by atomic mass is 35.5. The molecule has 0 saturated carbocycles. The molecule has 10 heteroatoms. The highest BCUT2D eigenvalue weighted by molar-refractivity contribution is 6.42. The Morgan fingerprint density at radius 2 is 1.94 bits per heavy atom. The monoisotopic (exact) mass is 480 g/mol. The summed E-state index contributed by atoms with van der Waals surface area (Å²) in [6.45, 7) is 2.76. The number of hydrogen-bond donors (Lipinski definition) is 2. The van der Waals surface area contributed by atoms with Crippen LogP contribution in [-0.2, 0) is 4.79 Å². The number of carbonyl (C=O) groups excluding carboxylic acids is 1. The van der Waals surface area contributed by atoms with Gasteiger partial charge in [-0.25, -0.2) is 5.01 Å². The molecule has 3 rings (SSSR count). The lowest BCUT2D eigenvalue weighted by atomic mass is 10.0. The van der Waals surface area contributed by atoms with E-state index in [9.17, 15) is 4.79 Å². The van der Waals surface area contributed by atoms with Crippen LogP contribution in [0.4, 0.5) is 5.69 Å². The number of hydrazone groups is 1. The van der Waals surface area contributed by atoms with E-state index < -0.39 is 0 Å². The van der Waals surface area contributed by atoms with Crippen LogP contribution in [0.3, 0.4) is 0 Å². The molecule has 1 atom stereocenters. The van der Waals surface area contributed by atoms with Crippen molar-refractivity contribution in [1.29, 1.82) is 0 Å². The van der Waals surface area contributed by atoms with E-state index in [1.807, 2.05) is 19.1 Å². The van der Waals surface area contributed by atoms with Crippen LogP contribution >= 0.6 is 34.8 Å². The average Bonchev–Trinajstić information content (AvgIpc) is 3.20. The topological polar surface area (TPSA) is 86.3 Å². The van der Waals surface area contributed by atoms with Crippen molar-refractivity contribution in [1.82, 2.24) is 9.91 Å². The lowest BCUT2D eigenvalue weighted by Gasteiger charge is -2.29. The van der Waals surface area contributed by atoms with E-state index in [-0.39, 0.29) is 18.5 Å². The van der Waals surface area contributed by atoms with Gasteiger partial charge in [0.15, 0.2) is 0 Å². The predicted octanol–water partition coefficient (Wildman–Crippen LogP) is 3.94. The first-order chi connectivity index (χ1) is 14.9. The summed E-state index contributed by atoms with van der Waals surface area (Å²) in [7, 11) is 1.66. The van der Waals surface area contributed by atoms with Crippen LogP contribution in [0.25, 0.3) is 0 Å². The number of hydrogen-bond acceptors (Lipinski definition) is 4. The van der Waals surface area contributed by atoms with Gasteiger partial charge in [-0.05, 0) is 37.3 Å². The second kappa shape index (κ2) is 10.3. The van der Waals surface area contributed by atoms with E-state index in [0.717, 1.165) is 11.3 Å². The molecule has 0 bridgehead atoms. The van der Waals surface area contributed by atoms with Gasteiger partial charge in [0.1, 0.15) is 0 Å². The fourth-order valence-corrected chi connectivity index (χ4v) is 3.79. The number of aliphatic imine (C=N–C) groups is 1. The number of rotatable bonds is 5. The Balaban J connectivity index is 1.94. The number of guanidine groups is 1. The van der Waals surface area contributed by atoms with Gasteiger partial charge in [0.05, 0.1) is 34.9 Å². The first kappa shape index (κ1) is 23.3. The Bertz CT molecular complexity index is 1010. The number of amides is 1. The third-order valence-corrected chi connectivity index (χ3v) is 5.86. The SMILES string of the molecule is CCN(C(=O)CN)C1CN(C(=NC)Nc2ccc(Cl)c(Cl)c2)N=C1c1ccc(Cl)cc1. The van der Waals surface area contributed by atoms with Crippen molar-refractivity contribution in [3.63, 3.8) is 0 Å². The molecule has 1 heterocycles. The molecule has 1 unspecified atom stereocenters. The fraction of sp³-hybridized carbons (Fsp3) is 0.286. The van der Waals surface area contributed by atoms with Crippen LogP contribution in [0, 0.1) is 0 Å². The molecule has 1 amide bonds. The normalized spacial score (nSPS) is 16.3. The van der Waals surface area contributed by atoms with E-state index in [1.165, 1.54) is 0 Å². The van der Waals surface area contributed by atoms with E-state index in [0.29, 0.717) is 39.8 Å². The number of halogens is 3. The maximum Gasteiger partial charge on any atom is 0.236 e. The van der Waals surface area contributed by atoms with Crippen molar-refractivity contribution in [3.05, 3.63) is 63.1 Å². The zero-order chi connectivity index (χ0) is 22.5. The molecule has 3 N–H and O–H groups in total. The number of likely N-dealkylation sites (N-methyl/N-ethyl adjacent to an activating group) is 1. The van der Waals surface area contributed by atoms with Crippen molar-refractivity contribution >= 4 is 58.1 Å². The zero-order valence-electron chi connectivity index (χ0n) is 17.1. The molecule has 0 fully saturated rings. The van der Waals surface area contributed by atoms with E-state index in [1.54, 1.807) is 47.3 Å². The highest BCUT2D eigenvalue weighted by Gasteiger charge is 2.35. The van der Waals surface area contributed by atoms with Gasteiger partial charge in [0.2, 0.25) is 11.9 Å². The van der Waals surface area contributed by atoms with Gasteiger partial charge >= 0.3 is 0 Å². The second-order valence-electron chi connectivity index (χ2n) is 6.78. The first-order valence-corrected chi connectivity index (χ1v) is 10.8. The van der Waals surface area contributed by atoms with Gasteiger partial charge in [-0.1, -0.05) is 46.9 Å². The van der Waals surface area contributed by atoms with E-state index in [2.05, 4.69) is 10.3 Å². The molecule has 0 aliphatic carbocycles. The molecule has 7 nitrogen and oxygen atoms in total. The van der Waals surface area contributed by atoms with Crippen LogP contribution in [0.1, 0.15) is 12.5 Å². The predicted molar refractivity (Wildman–Crippen MR) is 128 cm³/mol. The number of nitrogens with zero attached hydrogens (tertiary/aromatic N) is 4. The van der Waals surface area contributed by atoms with Crippen LogP contribution in [0.15, 0.2) is 52.6 Å². The molecule has 0 saturated heterocycles. The third-order valence-electron chi connectivity index (χ3n) is 4.87. The van der Waals surface area contributed by atoms with Gasteiger partial charge in [-0.3, -0.25) is 9.79 Å². The number of carbonyl (C=O) groups is 1. The van der Waals surface area contributed by atoms with Gasteiger partial charge < -0.3 is 16.0 Å². The molecule has 2 aromatic carbocycles. The van der Waals surface area contributed by atoms with Gasteiger partial charge in [-0.15, -0.1) is 0 Å². The summed E-state index contributed by atoms with van der Waals surface area (Å²) in [4.78, 5) is 18.6. The van der Waals surface area contributed by atoms with Crippen LogP contribution in [0.5, 0.6) is 0 Å². The summed E-state index contributed by atoms with van der Waals surface area (Å²) in [6, 6.07) is 12.3. The van der Waals surface area contributed by atoms with Crippen molar-refractivity contribution < 1.29 is 4.79 Å². The van der Waals surface area contributed by atoms with Crippen molar-refractivity contribution in [2.75, 3.05) is 32.0 Å². The average molecular weight is 482 g/mol. The summed E-state index contributed by atoms with van der Waals surface area (Å²) in [5.41, 5.74) is 7.96. The fourth-order valence-electron chi connectivity index (χ4n) is 3.37. The van der Waals surface area contributed by atoms with E-state index >= 15 is 0 Å². The van der Waals surface area contributed by atoms with Gasteiger partial charge in [0.25, 0.3) is 0 Å². The zero-order valence-corrected chi connectivity index (χ0v) is 19.4. The summed E-state index contributed by atoms with van der Waals surface area (Å²) in [5, 5.41) is 11.2. The largest absolute Gasteiger partial charge is 0.331 e. The maximum atomic E-state index is 12.5. The van der Waals surface area contributed by atoms with Crippen LogP contribution < -0.4 is 11.1 Å². The van der Waals surface area contributed by atoms with Crippen molar-refractivity contribution in [2.24, 2.45) is 15.8 Å². The number of nitrogens with one attached hydrogen (secondary N) is 1. The molecule has 0 spiro atoms. The molecule has 31 heavy (non-hydrogen) atoms. The lowest BCUT2D eigenvalue weighted by Crippen LogP contribution is -2.49. The summed E-state index contributed by atoms with van der Waals surface area (Å²) in [5.74, 6) is 0.354. The Hall–Kier alpha value is -2.32. The lowest BCUT2D eigenvalue weighted by molar-refractivity contribution is -0.130. The second-order valence-corrected chi connectivity index (χ2v) is 8.03. The summed E-state index contributed by atoms with van der Waals surface area (Å²) in [6.07, 6.45) is 0. The molecule has 1 aliphatic rings. The third kappa shape index (κ3) is 5.30. The summed E-state index contributed by atoms with van der Waals surface area (Å²) < 4.78 is 0. The minimum atomic E-state index is -0.297. The Morgan fingerprint density at radius 1 is 1.23 bits per heavy atom. The Kier molecular flexibility index (Phi) is 7.78. The van der Waals surface area contributed by atoms with Gasteiger partial charge in [-0.2, -0.15) is 5.10 Å². The smallest absolute Gasteiger partial charge is 0.236 e. The molecular weight excluding hydrogens is 459 g/mol. The molecule has 0 radical (unpaired) electrons. The minimum absolute atomic E-state index is 0.0749. The minimum Gasteiger partial charge on any atom is -0.331 e. The number of anilines is 1. The van der Waals surface area contributed by atoms with Crippen LogP contribution in [0.2, 0.25) is 15.1 Å². The highest BCUT2D eigenvalue weighted by Crippen LogP contribution is 2.26. The van der Waals surface area contributed by atoms with Gasteiger partial charge in [0, 0.05) is 29.9 Å². The molecule has 1 aliphatic heterocycles. The van der Waals surface area contributed by atoms with E-state index in [4.69, 9.17) is 45.6 Å². The first-order valence-electron chi connectivity index (χ1n) is 9.68.